The van der Waals surface area contributed by atoms with Crippen LogP contribution in [0.2, 0.25) is 0 Å². The maximum atomic E-state index is 12.6. The average molecular weight is 356 g/mol. The molecule has 136 valence electrons. The second-order valence-corrected chi connectivity index (χ2v) is 5.76. The average Bonchev–Trinajstić information content (AvgIpc) is 2.60. The normalized spacial score (nSPS) is 16.6. The van der Waals surface area contributed by atoms with Gasteiger partial charge in [-0.2, -0.15) is 5.26 Å². The zero-order valence-corrected chi connectivity index (χ0v) is 14.9. The van der Waals surface area contributed by atoms with Gasteiger partial charge in [0.1, 0.15) is 28.9 Å². The van der Waals surface area contributed by atoms with Crippen LogP contribution in [0.4, 0.5) is 0 Å². The smallest absolute Gasteiger partial charge is 0.338 e. The maximum Gasteiger partial charge on any atom is 0.338 e. The number of carbonyl (C=O) groups excluding carboxylic acids is 2. The van der Waals surface area contributed by atoms with Crippen molar-refractivity contribution < 1.29 is 23.8 Å². The van der Waals surface area contributed by atoms with E-state index >= 15 is 0 Å². The quantitative estimate of drug-likeness (QED) is 0.778. The number of methoxy groups -OCH3 is 1. The maximum absolute atomic E-state index is 12.6. The molecule has 2 rings (SSSR count). The Labute approximate surface area is 151 Å². The number of nitrogens with zero attached hydrogens (tertiary/aromatic N) is 1. The standard InChI is InChI=1S/C19H20N2O5/c1-11(22)8-9-25-19(23)16-12(2)26-18(21)15(10-20)17(16)13-4-6-14(24-3)7-5-13/h4-7,17H,8-9,21H2,1-3H3. The molecule has 1 unspecified atom stereocenters. The van der Waals surface area contributed by atoms with Crippen LogP contribution in [0, 0.1) is 11.3 Å². The Morgan fingerprint density at radius 2 is 1.96 bits per heavy atom. The third-order valence-electron chi connectivity index (χ3n) is 3.96. The molecule has 1 aliphatic heterocycles. The van der Waals surface area contributed by atoms with E-state index in [1.807, 2.05) is 6.07 Å². The van der Waals surface area contributed by atoms with Crippen LogP contribution in [0.15, 0.2) is 47.1 Å². The third-order valence-corrected chi connectivity index (χ3v) is 3.96. The van der Waals surface area contributed by atoms with Gasteiger partial charge in [0.15, 0.2) is 0 Å². The number of esters is 1. The van der Waals surface area contributed by atoms with Crippen LogP contribution in [0.5, 0.6) is 5.75 Å². The first kappa shape index (κ1) is 19.1. The number of nitrogens with two attached hydrogens (primary N) is 1. The first-order valence-electron chi connectivity index (χ1n) is 7.97. The molecule has 0 saturated heterocycles. The first-order chi connectivity index (χ1) is 12.4. The van der Waals surface area contributed by atoms with Crippen molar-refractivity contribution in [3.05, 3.63) is 52.6 Å². The second-order valence-electron chi connectivity index (χ2n) is 5.76. The molecule has 1 atom stereocenters. The van der Waals surface area contributed by atoms with Crippen LogP contribution in [0.3, 0.4) is 0 Å². The Balaban J connectivity index is 2.41. The van der Waals surface area contributed by atoms with Gasteiger partial charge in [-0.1, -0.05) is 12.1 Å². The summed E-state index contributed by atoms with van der Waals surface area (Å²) in [7, 11) is 1.55. The minimum atomic E-state index is -0.718. The molecule has 0 saturated carbocycles. The van der Waals surface area contributed by atoms with E-state index in [1.165, 1.54) is 6.92 Å². The van der Waals surface area contributed by atoms with Gasteiger partial charge in [-0.3, -0.25) is 4.79 Å². The van der Waals surface area contributed by atoms with Crippen molar-refractivity contribution in [3.63, 3.8) is 0 Å². The summed E-state index contributed by atoms with van der Waals surface area (Å²) in [6, 6.07) is 8.96. The molecule has 1 heterocycles. The highest BCUT2D eigenvalue weighted by Crippen LogP contribution is 2.39. The Morgan fingerprint density at radius 1 is 1.31 bits per heavy atom. The SMILES string of the molecule is COc1ccc(C2C(C#N)=C(N)OC(C)=C2C(=O)OCCC(C)=O)cc1. The van der Waals surface area contributed by atoms with Crippen LogP contribution in [-0.2, 0) is 19.1 Å². The number of hydrogen-bond donors (Lipinski definition) is 1. The van der Waals surface area contributed by atoms with Crippen LogP contribution >= 0.6 is 0 Å². The van der Waals surface area contributed by atoms with Gasteiger partial charge in [-0.25, -0.2) is 4.79 Å². The summed E-state index contributed by atoms with van der Waals surface area (Å²) in [6.07, 6.45) is 0.120. The molecule has 0 amide bonds. The van der Waals surface area contributed by atoms with Crippen LogP contribution in [0.25, 0.3) is 0 Å². The highest BCUT2D eigenvalue weighted by Gasteiger charge is 2.36. The molecule has 0 fully saturated rings. The number of hydrogen-bond acceptors (Lipinski definition) is 7. The predicted molar refractivity (Wildman–Crippen MR) is 92.6 cm³/mol. The second kappa shape index (κ2) is 8.21. The monoisotopic (exact) mass is 356 g/mol. The molecule has 0 aromatic heterocycles. The number of nitriles is 1. The number of allylic oxidation sites excluding steroid dienone is 2. The largest absolute Gasteiger partial charge is 0.497 e. The molecular formula is C19H20N2O5. The van der Waals surface area contributed by atoms with Crippen molar-refractivity contribution >= 4 is 11.8 Å². The highest BCUT2D eigenvalue weighted by molar-refractivity contribution is 5.92. The summed E-state index contributed by atoms with van der Waals surface area (Å²) in [5.41, 5.74) is 6.83. The van der Waals surface area contributed by atoms with Crippen LogP contribution in [-0.4, -0.2) is 25.5 Å². The van der Waals surface area contributed by atoms with E-state index in [0.717, 1.165) is 0 Å². The number of benzene rings is 1. The lowest BCUT2D eigenvalue weighted by molar-refractivity contribution is -0.140. The number of ketones is 1. The van der Waals surface area contributed by atoms with Gasteiger partial charge in [0.2, 0.25) is 5.88 Å². The number of Topliss-reactive ketones (excluding diaryl/α,β-unsaturated/α-hetero) is 1. The minimum Gasteiger partial charge on any atom is -0.497 e. The lowest BCUT2D eigenvalue weighted by Crippen LogP contribution is -2.26. The summed E-state index contributed by atoms with van der Waals surface area (Å²) in [5, 5.41) is 9.52. The van der Waals surface area contributed by atoms with Gasteiger partial charge in [0.05, 0.1) is 25.2 Å². The summed E-state index contributed by atoms with van der Waals surface area (Å²) < 4.78 is 15.7. The predicted octanol–water partition coefficient (Wildman–Crippen LogP) is 2.30. The lowest BCUT2D eigenvalue weighted by atomic mass is 9.83. The molecule has 7 heteroatoms. The number of carbonyl (C=O) groups is 2. The molecule has 0 aliphatic carbocycles. The molecule has 26 heavy (non-hydrogen) atoms. The van der Waals surface area contributed by atoms with E-state index < -0.39 is 11.9 Å². The van der Waals surface area contributed by atoms with Gasteiger partial charge in [0.25, 0.3) is 0 Å². The van der Waals surface area contributed by atoms with Crippen molar-refractivity contribution in [1.82, 2.24) is 0 Å². The molecule has 0 spiro atoms. The van der Waals surface area contributed by atoms with Crippen LogP contribution < -0.4 is 10.5 Å². The fraction of sp³-hybridized carbons (Fsp3) is 0.316. The molecule has 0 radical (unpaired) electrons. The fourth-order valence-electron chi connectivity index (χ4n) is 2.64. The van der Waals surface area contributed by atoms with Crippen molar-refractivity contribution in [1.29, 1.82) is 5.26 Å². The zero-order valence-electron chi connectivity index (χ0n) is 14.9. The van der Waals surface area contributed by atoms with Crippen molar-refractivity contribution in [2.75, 3.05) is 13.7 Å². The Kier molecular flexibility index (Phi) is 6.02. The Morgan fingerprint density at radius 3 is 2.50 bits per heavy atom. The van der Waals surface area contributed by atoms with Gasteiger partial charge >= 0.3 is 5.97 Å². The van der Waals surface area contributed by atoms with E-state index in [2.05, 4.69) is 0 Å². The van der Waals surface area contributed by atoms with E-state index in [4.69, 9.17) is 19.9 Å². The van der Waals surface area contributed by atoms with E-state index in [1.54, 1.807) is 38.3 Å². The van der Waals surface area contributed by atoms with Crippen molar-refractivity contribution in [2.24, 2.45) is 5.73 Å². The van der Waals surface area contributed by atoms with Gasteiger partial charge in [0, 0.05) is 6.42 Å². The van der Waals surface area contributed by atoms with E-state index in [9.17, 15) is 14.9 Å². The van der Waals surface area contributed by atoms with Gasteiger partial charge < -0.3 is 19.9 Å². The molecular weight excluding hydrogens is 336 g/mol. The molecule has 1 aromatic rings. The Hall–Kier alpha value is -3.27. The molecule has 1 aliphatic rings. The number of ether oxygens (including phenoxy) is 3. The van der Waals surface area contributed by atoms with E-state index in [0.29, 0.717) is 11.3 Å². The molecule has 2 N–H and O–H groups in total. The molecule has 0 bridgehead atoms. The summed E-state index contributed by atoms with van der Waals surface area (Å²) >= 11 is 0. The summed E-state index contributed by atoms with van der Waals surface area (Å²) in [6.45, 7) is 2.96. The summed E-state index contributed by atoms with van der Waals surface area (Å²) in [4.78, 5) is 23.6. The first-order valence-corrected chi connectivity index (χ1v) is 7.97. The summed E-state index contributed by atoms with van der Waals surface area (Å²) in [5.74, 6) is -0.602. The van der Waals surface area contributed by atoms with Crippen LogP contribution in [0.1, 0.15) is 31.7 Å². The molecule has 1 aromatic carbocycles. The van der Waals surface area contributed by atoms with E-state index in [-0.39, 0.29) is 41.6 Å². The Bertz CT molecular complexity index is 815. The topological polar surface area (TPSA) is 112 Å². The minimum absolute atomic E-state index is 0.0403. The van der Waals surface area contributed by atoms with Crippen molar-refractivity contribution in [2.45, 2.75) is 26.2 Å². The third kappa shape index (κ3) is 4.03. The zero-order chi connectivity index (χ0) is 19.3. The highest BCUT2D eigenvalue weighted by atomic mass is 16.5. The van der Waals surface area contributed by atoms with Gasteiger partial charge in [-0.05, 0) is 31.5 Å². The fourth-order valence-corrected chi connectivity index (χ4v) is 2.64. The van der Waals surface area contributed by atoms with Crippen molar-refractivity contribution in [3.8, 4) is 11.8 Å². The lowest BCUT2D eigenvalue weighted by Gasteiger charge is -2.27. The number of rotatable bonds is 6. The van der Waals surface area contributed by atoms with Gasteiger partial charge in [-0.15, -0.1) is 0 Å². The molecule has 7 nitrogen and oxygen atoms in total.